The number of methoxy groups -OCH3 is 1. The zero-order valence-corrected chi connectivity index (χ0v) is 12.1. The van der Waals surface area contributed by atoms with Gasteiger partial charge in [0.15, 0.2) is 9.84 Å². The van der Waals surface area contributed by atoms with E-state index in [9.17, 15) is 13.2 Å². The van der Waals surface area contributed by atoms with E-state index in [1.54, 1.807) is 18.2 Å². The van der Waals surface area contributed by atoms with Crippen LogP contribution in [-0.4, -0.2) is 50.9 Å². The number of amides is 1. The van der Waals surface area contributed by atoms with Crippen molar-refractivity contribution < 1.29 is 17.9 Å². The molecule has 2 N–H and O–H groups in total. The molecule has 1 aromatic carbocycles. The third-order valence-electron chi connectivity index (χ3n) is 3.33. The Morgan fingerprint density at radius 2 is 2.05 bits per heavy atom. The fourth-order valence-corrected chi connectivity index (χ4v) is 3.43. The molecule has 0 unspecified atom stereocenters. The fraction of sp³-hybridized carbons (Fsp3) is 0.462. The van der Waals surface area contributed by atoms with Crippen LogP contribution >= 0.6 is 0 Å². The number of nitrogens with zero attached hydrogens (tertiary/aromatic N) is 1. The summed E-state index contributed by atoms with van der Waals surface area (Å²) in [5, 5.41) is 0. The molecule has 20 heavy (non-hydrogen) atoms. The smallest absolute Gasteiger partial charge is 0.256 e. The summed E-state index contributed by atoms with van der Waals surface area (Å²) >= 11 is 0. The van der Waals surface area contributed by atoms with Crippen LogP contribution in [0.4, 0.5) is 5.69 Å². The van der Waals surface area contributed by atoms with Gasteiger partial charge in [-0.05, 0) is 24.6 Å². The van der Waals surface area contributed by atoms with Gasteiger partial charge in [-0.3, -0.25) is 4.79 Å². The molecular weight excluding hydrogens is 280 g/mol. The molecule has 0 bridgehead atoms. The Kier molecular flexibility index (Phi) is 4.17. The average molecular weight is 298 g/mol. The molecule has 0 aliphatic carbocycles. The molecule has 1 amide bonds. The highest BCUT2D eigenvalue weighted by Crippen LogP contribution is 2.21. The first kappa shape index (κ1) is 14.6. The molecule has 0 aromatic heterocycles. The van der Waals surface area contributed by atoms with Crippen LogP contribution in [0.25, 0.3) is 0 Å². The van der Waals surface area contributed by atoms with Crippen molar-refractivity contribution in [1.82, 2.24) is 4.90 Å². The van der Waals surface area contributed by atoms with Crippen molar-refractivity contribution in [3.8, 4) is 5.75 Å². The van der Waals surface area contributed by atoms with Crippen molar-refractivity contribution in [2.75, 3.05) is 37.4 Å². The van der Waals surface area contributed by atoms with Gasteiger partial charge in [0.05, 0.1) is 24.2 Å². The van der Waals surface area contributed by atoms with Crippen LogP contribution in [0.5, 0.6) is 5.75 Å². The largest absolute Gasteiger partial charge is 0.497 e. The Hall–Kier alpha value is -1.76. The molecule has 6 nitrogen and oxygen atoms in total. The lowest BCUT2D eigenvalue weighted by molar-refractivity contribution is 0.0769. The zero-order valence-electron chi connectivity index (χ0n) is 11.3. The van der Waals surface area contributed by atoms with E-state index < -0.39 is 9.84 Å². The first-order chi connectivity index (χ1) is 9.43. The van der Waals surface area contributed by atoms with E-state index >= 15 is 0 Å². The van der Waals surface area contributed by atoms with E-state index in [-0.39, 0.29) is 24.0 Å². The van der Waals surface area contributed by atoms with E-state index in [0.29, 0.717) is 30.0 Å². The van der Waals surface area contributed by atoms with Crippen molar-refractivity contribution in [3.63, 3.8) is 0 Å². The molecule has 1 aliphatic heterocycles. The van der Waals surface area contributed by atoms with E-state index in [2.05, 4.69) is 0 Å². The lowest BCUT2D eigenvalue weighted by Crippen LogP contribution is -2.34. The van der Waals surface area contributed by atoms with Gasteiger partial charge in [-0.15, -0.1) is 0 Å². The van der Waals surface area contributed by atoms with Gasteiger partial charge in [0.2, 0.25) is 0 Å². The molecule has 1 aromatic rings. The van der Waals surface area contributed by atoms with E-state index in [0.717, 1.165) is 0 Å². The maximum Gasteiger partial charge on any atom is 0.256 e. The molecular formula is C13H18N2O4S. The van der Waals surface area contributed by atoms with Crippen LogP contribution < -0.4 is 10.5 Å². The Balaban J connectivity index is 2.23. The number of hydrogen-bond donors (Lipinski definition) is 1. The monoisotopic (exact) mass is 298 g/mol. The molecule has 0 spiro atoms. The summed E-state index contributed by atoms with van der Waals surface area (Å²) in [6, 6.07) is 4.87. The minimum Gasteiger partial charge on any atom is -0.497 e. The molecule has 0 radical (unpaired) electrons. The van der Waals surface area contributed by atoms with E-state index in [4.69, 9.17) is 10.5 Å². The van der Waals surface area contributed by atoms with Crippen LogP contribution in [0.1, 0.15) is 16.8 Å². The highest BCUT2D eigenvalue weighted by molar-refractivity contribution is 7.91. The second kappa shape index (κ2) is 5.70. The van der Waals surface area contributed by atoms with Gasteiger partial charge in [0.1, 0.15) is 5.75 Å². The SMILES string of the molecule is COc1ccc(N)c(C(=O)N2CCCS(=O)(=O)CC2)c1. The summed E-state index contributed by atoms with van der Waals surface area (Å²) in [5.41, 5.74) is 6.54. The molecule has 2 rings (SSSR count). The number of benzene rings is 1. The van der Waals surface area contributed by atoms with E-state index in [1.807, 2.05) is 0 Å². The molecule has 7 heteroatoms. The van der Waals surface area contributed by atoms with Crippen molar-refractivity contribution in [3.05, 3.63) is 23.8 Å². The number of sulfone groups is 1. The Labute approximate surface area is 118 Å². The number of rotatable bonds is 2. The van der Waals surface area contributed by atoms with Gasteiger partial charge in [-0.2, -0.15) is 0 Å². The summed E-state index contributed by atoms with van der Waals surface area (Å²) in [5.74, 6) is 0.427. The quantitative estimate of drug-likeness (QED) is 0.805. The van der Waals surface area contributed by atoms with E-state index in [1.165, 1.54) is 12.0 Å². The van der Waals surface area contributed by atoms with Gasteiger partial charge < -0.3 is 15.4 Å². The van der Waals surface area contributed by atoms with Gasteiger partial charge in [-0.1, -0.05) is 0 Å². The first-order valence-corrected chi connectivity index (χ1v) is 8.18. The summed E-state index contributed by atoms with van der Waals surface area (Å²) in [6.07, 6.45) is 0.456. The van der Waals surface area contributed by atoms with Crippen LogP contribution in [0.2, 0.25) is 0 Å². The van der Waals surface area contributed by atoms with Crippen molar-refractivity contribution in [2.24, 2.45) is 0 Å². The first-order valence-electron chi connectivity index (χ1n) is 6.36. The Morgan fingerprint density at radius 1 is 1.30 bits per heavy atom. The molecule has 0 atom stereocenters. The number of ether oxygens (including phenoxy) is 1. The minimum atomic E-state index is -3.04. The van der Waals surface area contributed by atoms with Crippen molar-refractivity contribution >= 4 is 21.4 Å². The lowest BCUT2D eigenvalue weighted by atomic mass is 10.1. The van der Waals surface area contributed by atoms with Gasteiger partial charge in [0, 0.05) is 18.8 Å². The minimum absolute atomic E-state index is 0.00259. The van der Waals surface area contributed by atoms with Crippen LogP contribution in [0, 0.1) is 0 Å². The summed E-state index contributed by atoms with van der Waals surface area (Å²) in [6.45, 7) is 0.631. The topological polar surface area (TPSA) is 89.7 Å². The standard InChI is InChI=1S/C13H18N2O4S/c1-19-10-3-4-12(14)11(9-10)13(16)15-5-2-7-20(17,18)8-6-15/h3-4,9H,2,5-8,14H2,1H3. The van der Waals surface area contributed by atoms with Crippen LogP contribution in [0.15, 0.2) is 18.2 Å². The van der Waals surface area contributed by atoms with Crippen molar-refractivity contribution in [1.29, 1.82) is 0 Å². The number of nitrogens with two attached hydrogens (primary N) is 1. The molecule has 0 saturated carbocycles. The summed E-state index contributed by atoms with van der Waals surface area (Å²) < 4.78 is 28.2. The summed E-state index contributed by atoms with van der Waals surface area (Å²) in [7, 11) is -1.53. The Bertz CT molecular complexity index is 613. The molecule has 110 valence electrons. The molecule has 1 saturated heterocycles. The van der Waals surface area contributed by atoms with Gasteiger partial charge >= 0.3 is 0 Å². The zero-order chi connectivity index (χ0) is 14.8. The second-order valence-corrected chi connectivity index (χ2v) is 7.05. The average Bonchev–Trinajstić information content (AvgIpc) is 2.59. The van der Waals surface area contributed by atoms with Crippen molar-refractivity contribution in [2.45, 2.75) is 6.42 Å². The number of nitrogen functional groups attached to an aromatic ring is 1. The predicted molar refractivity (Wildman–Crippen MR) is 76.6 cm³/mol. The fourth-order valence-electron chi connectivity index (χ4n) is 2.16. The summed E-state index contributed by atoms with van der Waals surface area (Å²) in [4.78, 5) is 14.0. The van der Waals surface area contributed by atoms with Crippen LogP contribution in [0.3, 0.4) is 0 Å². The number of hydrogen-bond acceptors (Lipinski definition) is 5. The Morgan fingerprint density at radius 3 is 2.75 bits per heavy atom. The third kappa shape index (κ3) is 3.22. The molecule has 1 aliphatic rings. The number of carbonyl (C=O) groups excluding carboxylic acids is 1. The maximum absolute atomic E-state index is 12.4. The lowest BCUT2D eigenvalue weighted by Gasteiger charge is -2.20. The number of anilines is 1. The molecule has 1 heterocycles. The van der Waals surface area contributed by atoms with Crippen LogP contribution in [-0.2, 0) is 9.84 Å². The highest BCUT2D eigenvalue weighted by atomic mass is 32.2. The molecule has 1 fully saturated rings. The predicted octanol–water partition coefficient (Wildman–Crippen LogP) is 0.538. The maximum atomic E-state index is 12.4. The highest BCUT2D eigenvalue weighted by Gasteiger charge is 2.24. The van der Waals surface area contributed by atoms with Gasteiger partial charge in [0.25, 0.3) is 5.91 Å². The normalized spacial score (nSPS) is 18.4. The second-order valence-electron chi connectivity index (χ2n) is 4.75. The van der Waals surface area contributed by atoms with Gasteiger partial charge in [-0.25, -0.2) is 8.42 Å². The third-order valence-corrected chi connectivity index (χ3v) is 5.05. The number of carbonyl (C=O) groups is 1.